The lowest BCUT2D eigenvalue weighted by molar-refractivity contribution is -0.0799. The third-order valence-corrected chi connectivity index (χ3v) is 5.66. The SMILES string of the molecule is C/C=C\C(=CC/C=C/C(F)(F)F)CSc1nnc(-c2ccc(Cl)s2)n1CC. The van der Waals surface area contributed by atoms with E-state index in [0.717, 1.165) is 27.5 Å². The number of rotatable bonds is 8. The molecule has 0 aliphatic carbocycles. The van der Waals surface area contributed by atoms with Gasteiger partial charge in [-0.25, -0.2) is 0 Å². The molecule has 146 valence electrons. The van der Waals surface area contributed by atoms with E-state index in [2.05, 4.69) is 10.2 Å². The normalized spacial score (nSPS) is 13.3. The van der Waals surface area contributed by atoms with Crippen LogP contribution in [0.25, 0.3) is 10.7 Å². The first-order valence-electron chi connectivity index (χ1n) is 8.22. The van der Waals surface area contributed by atoms with Crippen LogP contribution in [0.3, 0.4) is 0 Å². The van der Waals surface area contributed by atoms with Crippen LogP contribution in [-0.2, 0) is 6.54 Å². The summed E-state index contributed by atoms with van der Waals surface area (Å²) in [5.41, 5.74) is 0.931. The van der Waals surface area contributed by atoms with Gasteiger partial charge in [0.05, 0.1) is 9.21 Å². The molecule has 3 nitrogen and oxygen atoms in total. The maximum Gasteiger partial charge on any atom is 0.409 e. The van der Waals surface area contributed by atoms with Gasteiger partial charge in [0.25, 0.3) is 0 Å². The minimum atomic E-state index is -4.28. The van der Waals surface area contributed by atoms with E-state index in [1.165, 1.54) is 23.1 Å². The van der Waals surface area contributed by atoms with Gasteiger partial charge in [-0.15, -0.1) is 21.5 Å². The first-order chi connectivity index (χ1) is 12.8. The van der Waals surface area contributed by atoms with Gasteiger partial charge in [0, 0.05) is 18.4 Å². The van der Waals surface area contributed by atoms with Crippen LogP contribution in [0, 0.1) is 0 Å². The lowest BCUT2D eigenvalue weighted by Gasteiger charge is -2.06. The van der Waals surface area contributed by atoms with Crippen LogP contribution in [0.2, 0.25) is 4.34 Å². The van der Waals surface area contributed by atoms with Gasteiger partial charge in [0.2, 0.25) is 0 Å². The van der Waals surface area contributed by atoms with Crippen molar-refractivity contribution in [1.82, 2.24) is 14.8 Å². The fourth-order valence-electron chi connectivity index (χ4n) is 2.26. The second kappa shape index (κ2) is 10.1. The van der Waals surface area contributed by atoms with Crippen LogP contribution < -0.4 is 0 Å². The molecule has 0 radical (unpaired) electrons. The summed E-state index contributed by atoms with van der Waals surface area (Å²) in [5.74, 6) is 1.36. The van der Waals surface area contributed by atoms with Gasteiger partial charge in [0.15, 0.2) is 11.0 Å². The van der Waals surface area contributed by atoms with Crippen molar-refractivity contribution in [2.75, 3.05) is 5.75 Å². The molecule has 0 N–H and O–H groups in total. The Morgan fingerprint density at radius 3 is 2.70 bits per heavy atom. The predicted molar refractivity (Wildman–Crippen MR) is 107 cm³/mol. The number of halogens is 4. The zero-order chi connectivity index (χ0) is 19.9. The molecule has 27 heavy (non-hydrogen) atoms. The molecule has 0 spiro atoms. The Bertz CT molecular complexity index is 835. The molecule has 0 bridgehead atoms. The van der Waals surface area contributed by atoms with Crippen molar-refractivity contribution in [1.29, 1.82) is 0 Å². The molecular formula is C18H19ClF3N3S2. The first kappa shape index (κ1) is 21.8. The third-order valence-electron chi connectivity index (χ3n) is 3.40. The van der Waals surface area contributed by atoms with E-state index in [4.69, 9.17) is 11.6 Å². The summed E-state index contributed by atoms with van der Waals surface area (Å²) in [7, 11) is 0. The van der Waals surface area contributed by atoms with Crippen LogP contribution in [-0.4, -0.2) is 26.7 Å². The second-order valence-electron chi connectivity index (χ2n) is 5.40. The molecule has 0 fully saturated rings. The lowest BCUT2D eigenvalue weighted by Crippen LogP contribution is -2.00. The number of nitrogens with zero attached hydrogens (tertiary/aromatic N) is 3. The second-order valence-corrected chi connectivity index (χ2v) is 8.06. The Morgan fingerprint density at radius 2 is 2.11 bits per heavy atom. The molecule has 0 amide bonds. The molecular weight excluding hydrogens is 415 g/mol. The number of aromatic nitrogens is 3. The van der Waals surface area contributed by atoms with Crippen LogP contribution in [0.5, 0.6) is 0 Å². The maximum absolute atomic E-state index is 12.2. The van der Waals surface area contributed by atoms with Gasteiger partial charge in [-0.05, 0) is 38.0 Å². The van der Waals surface area contributed by atoms with E-state index in [1.807, 2.05) is 42.7 Å². The monoisotopic (exact) mass is 433 g/mol. The molecule has 2 heterocycles. The van der Waals surface area contributed by atoms with Gasteiger partial charge in [-0.1, -0.05) is 47.7 Å². The maximum atomic E-state index is 12.2. The Kier molecular flexibility index (Phi) is 8.19. The summed E-state index contributed by atoms with van der Waals surface area (Å²) in [5, 5.41) is 9.29. The topological polar surface area (TPSA) is 30.7 Å². The summed E-state index contributed by atoms with van der Waals surface area (Å²) in [6, 6.07) is 3.74. The van der Waals surface area contributed by atoms with Crippen molar-refractivity contribution >= 4 is 34.7 Å². The van der Waals surface area contributed by atoms with E-state index in [9.17, 15) is 13.2 Å². The quantitative estimate of drug-likeness (QED) is 0.261. The van der Waals surface area contributed by atoms with Crippen molar-refractivity contribution in [3.05, 3.63) is 52.4 Å². The molecule has 0 atom stereocenters. The molecule has 0 unspecified atom stereocenters. The van der Waals surface area contributed by atoms with Crippen molar-refractivity contribution in [3.63, 3.8) is 0 Å². The lowest BCUT2D eigenvalue weighted by atomic mass is 10.2. The Labute approximate surface area is 169 Å². The molecule has 0 saturated carbocycles. The van der Waals surface area contributed by atoms with Gasteiger partial charge in [0.1, 0.15) is 0 Å². The summed E-state index contributed by atoms with van der Waals surface area (Å²) in [6.07, 6.45) is 2.85. The number of hydrogen-bond donors (Lipinski definition) is 0. The predicted octanol–water partition coefficient (Wildman–Crippen LogP) is 6.78. The first-order valence-corrected chi connectivity index (χ1v) is 10.4. The van der Waals surface area contributed by atoms with E-state index in [1.54, 1.807) is 6.08 Å². The van der Waals surface area contributed by atoms with Gasteiger partial charge >= 0.3 is 6.18 Å². The van der Waals surface area contributed by atoms with Crippen LogP contribution in [0.15, 0.2) is 53.2 Å². The highest BCUT2D eigenvalue weighted by Crippen LogP contribution is 2.32. The van der Waals surface area contributed by atoms with Crippen molar-refractivity contribution in [2.24, 2.45) is 0 Å². The molecule has 0 saturated heterocycles. The number of thiophene rings is 1. The van der Waals surface area contributed by atoms with Gasteiger partial charge in [-0.2, -0.15) is 13.2 Å². The Hall–Kier alpha value is -1.51. The van der Waals surface area contributed by atoms with Gasteiger partial charge < -0.3 is 4.57 Å². The third kappa shape index (κ3) is 6.86. The largest absolute Gasteiger partial charge is 0.409 e. The van der Waals surface area contributed by atoms with E-state index < -0.39 is 6.18 Å². The summed E-state index contributed by atoms with van der Waals surface area (Å²) >= 11 is 8.95. The van der Waals surface area contributed by atoms with Gasteiger partial charge in [-0.3, -0.25) is 0 Å². The van der Waals surface area contributed by atoms with Crippen molar-refractivity contribution in [3.8, 4) is 10.7 Å². The van der Waals surface area contributed by atoms with Crippen molar-refractivity contribution in [2.45, 2.75) is 38.1 Å². The molecule has 2 rings (SSSR count). The summed E-state index contributed by atoms with van der Waals surface area (Å²) in [6.45, 7) is 4.59. The van der Waals surface area contributed by atoms with Crippen LogP contribution in [0.4, 0.5) is 13.2 Å². The Balaban J connectivity index is 2.09. The fourth-order valence-corrected chi connectivity index (χ4v) is 4.27. The highest BCUT2D eigenvalue weighted by Gasteiger charge is 2.21. The summed E-state index contributed by atoms with van der Waals surface area (Å²) in [4.78, 5) is 0.947. The minimum absolute atomic E-state index is 0.221. The van der Waals surface area contributed by atoms with E-state index in [0.29, 0.717) is 16.6 Å². The van der Waals surface area contributed by atoms with E-state index in [-0.39, 0.29) is 12.5 Å². The zero-order valence-electron chi connectivity index (χ0n) is 14.8. The number of allylic oxidation sites excluding steroid dienone is 5. The average Bonchev–Trinajstić information content (AvgIpc) is 3.20. The molecule has 0 aliphatic heterocycles. The number of alkyl halides is 3. The van der Waals surface area contributed by atoms with Crippen LogP contribution >= 0.6 is 34.7 Å². The fraction of sp³-hybridized carbons (Fsp3) is 0.333. The number of hydrogen-bond acceptors (Lipinski definition) is 4. The Morgan fingerprint density at radius 1 is 1.33 bits per heavy atom. The van der Waals surface area contributed by atoms with E-state index >= 15 is 0 Å². The number of thioether (sulfide) groups is 1. The average molecular weight is 434 g/mol. The zero-order valence-corrected chi connectivity index (χ0v) is 17.2. The molecule has 0 aliphatic rings. The standard InChI is InChI=1S/C18H19ClF3N3S2/c1-3-7-13(8-5-6-11-18(20,21)22)12-26-17-24-23-16(25(17)4-2)14-9-10-15(19)27-14/h3,6-11H,4-5,12H2,1-2H3/b7-3-,11-6+,13-8?. The molecule has 9 heteroatoms. The van der Waals surface area contributed by atoms with Crippen molar-refractivity contribution < 1.29 is 13.2 Å². The highest BCUT2D eigenvalue weighted by atomic mass is 35.5. The summed E-state index contributed by atoms with van der Waals surface area (Å²) < 4.78 is 39.2. The molecule has 2 aromatic heterocycles. The smallest absolute Gasteiger partial charge is 0.302 e. The molecule has 0 aromatic carbocycles. The highest BCUT2D eigenvalue weighted by molar-refractivity contribution is 7.99. The van der Waals surface area contributed by atoms with Crippen LogP contribution in [0.1, 0.15) is 20.3 Å². The molecule has 2 aromatic rings. The minimum Gasteiger partial charge on any atom is -0.302 e.